The molecule has 0 radical (unpaired) electrons. The number of rotatable bonds is 1. The third-order valence-corrected chi connectivity index (χ3v) is 7.04. The number of quaternary nitrogens is 1. The first-order valence-corrected chi connectivity index (χ1v) is 8.90. The number of amides is 1. The lowest BCUT2D eigenvalue weighted by atomic mass is 9.66. The SMILES string of the molecule is CC[N+]12CCC[C@H]3CN4C(=O)CCC[C@H]4[C@@H](CCC1)[C@H]32. The van der Waals surface area contributed by atoms with Crippen LogP contribution in [0, 0.1) is 11.8 Å². The van der Waals surface area contributed by atoms with E-state index >= 15 is 0 Å². The number of carbonyl (C=O) groups excluding carboxylic acids is 1. The van der Waals surface area contributed by atoms with Crippen molar-refractivity contribution in [2.45, 2.75) is 64.0 Å². The Morgan fingerprint density at radius 2 is 1.95 bits per heavy atom. The lowest BCUT2D eigenvalue weighted by Crippen LogP contribution is -2.73. The number of nitrogens with zero attached hydrogens (tertiary/aromatic N) is 2. The highest BCUT2D eigenvalue weighted by Gasteiger charge is 2.57. The molecule has 0 aromatic heterocycles. The summed E-state index contributed by atoms with van der Waals surface area (Å²) >= 11 is 0. The average molecular weight is 277 g/mol. The Morgan fingerprint density at radius 1 is 1.15 bits per heavy atom. The van der Waals surface area contributed by atoms with Crippen LogP contribution in [0.15, 0.2) is 0 Å². The molecule has 4 heterocycles. The van der Waals surface area contributed by atoms with Crippen molar-refractivity contribution < 1.29 is 9.28 Å². The Bertz CT molecular complexity index is 406. The number of hydrogen-bond acceptors (Lipinski definition) is 1. The molecule has 3 heteroatoms. The topological polar surface area (TPSA) is 20.3 Å². The van der Waals surface area contributed by atoms with Crippen molar-refractivity contribution >= 4 is 5.91 Å². The second-order valence-corrected chi connectivity index (χ2v) is 7.69. The van der Waals surface area contributed by atoms with Crippen LogP contribution in [-0.2, 0) is 4.79 Å². The Hall–Kier alpha value is -0.570. The van der Waals surface area contributed by atoms with Gasteiger partial charge in [-0.15, -0.1) is 0 Å². The van der Waals surface area contributed by atoms with Gasteiger partial charge in [0, 0.05) is 30.8 Å². The van der Waals surface area contributed by atoms with Crippen LogP contribution in [0.25, 0.3) is 0 Å². The Kier molecular flexibility index (Phi) is 3.10. The highest BCUT2D eigenvalue weighted by atomic mass is 16.2. The molecular weight excluding hydrogens is 248 g/mol. The highest BCUT2D eigenvalue weighted by Crippen LogP contribution is 2.48. The van der Waals surface area contributed by atoms with Crippen molar-refractivity contribution in [3.8, 4) is 0 Å². The van der Waals surface area contributed by atoms with Crippen LogP contribution in [0.2, 0.25) is 0 Å². The minimum atomic E-state index is 0.463. The summed E-state index contributed by atoms with van der Waals surface area (Å²) in [5.41, 5.74) is 0. The molecule has 4 aliphatic heterocycles. The van der Waals surface area contributed by atoms with E-state index in [1.165, 1.54) is 56.2 Å². The summed E-state index contributed by atoms with van der Waals surface area (Å²) in [5.74, 6) is 2.07. The molecule has 1 amide bonds. The van der Waals surface area contributed by atoms with E-state index in [0.717, 1.165) is 37.3 Å². The predicted molar refractivity (Wildman–Crippen MR) is 79.1 cm³/mol. The first-order valence-electron chi connectivity index (χ1n) is 8.90. The zero-order valence-electron chi connectivity index (χ0n) is 12.9. The quantitative estimate of drug-likeness (QED) is 0.674. The molecule has 5 atom stereocenters. The maximum absolute atomic E-state index is 12.3. The molecule has 20 heavy (non-hydrogen) atoms. The number of piperidine rings is 4. The van der Waals surface area contributed by atoms with Crippen molar-refractivity contribution in [1.82, 2.24) is 4.90 Å². The van der Waals surface area contributed by atoms with Crippen molar-refractivity contribution in [3.05, 3.63) is 0 Å². The first-order chi connectivity index (χ1) is 9.75. The molecule has 0 bridgehead atoms. The average Bonchev–Trinajstić information content (AvgIpc) is 2.49. The third kappa shape index (κ3) is 1.71. The van der Waals surface area contributed by atoms with Crippen LogP contribution in [0.4, 0.5) is 0 Å². The molecule has 0 N–H and O–H groups in total. The van der Waals surface area contributed by atoms with E-state index < -0.39 is 0 Å². The van der Waals surface area contributed by atoms with Gasteiger partial charge in [0.15, 0.2) is 0 Å². The fourth-order valence-corrected chi connectivity index (χ4v) is 6.29. The minimum Gasteiger partial charge on any atom is -0.339 e. The molecule has 0 aromatic carbocycles. The van der Waals surface area contributed by atoms with E-state index in [1.807, 2.05) is 0 Å². The largest absolute Gasteiger partial charge is 0.339 e. The molecule has 0 spiro atoms. The lowest BCUT2D eigenvalue weighted by Gasteiger charge is -2.62. The fraction of sp³-hybridized carbons (Fsp3) is 0.941. The normalized spacial score (nSPS) is 47.6. The zero-order valence-corrected chi connectivity index (χ0v) is 12.9. The summed E-state index contributed by atoms with van der Waals surface area (Å²) in [4.78, 5) is 14.7. The van der Waals surface area contributed by atoms with Gasteiger partial charge < -0.3 is 9.38 Å². The van der Waals surface area contributed by atoms with Gasteiger partial charge in [0.05, 0.1) is 25.7 Å². The summed E-state index contributed by atoms with van der Waals surface area (Å²) in [7, 11) is 0. The van der Waals surface area contributed by atoms with E-state index in [2.05, 4.69) is 11.8 Å². The first kappa shape index (κ1) is 13.1. The van der Waals surface area contributed by atoms with E-state index in [1.54, 1.807) is 0 Å². The van der Waals surface area contributed by atoms with Crippen molar-refractivity contribution in [2.24, 2.45) is 11.8 Å². The molecule has 4 rings (SSSR count). The summed E-state index contributed by atoms with van der Waals surface area (Å²) in [6, 6.07) is 1.48. The number of carbonyl (C=O) groups is 1. The van der Waals surface area contributed by atoms with Crippen LogP contribution < -0.4 is 0 Å². The monoisotopic (exact) mass is 277 g/mol. The van der Waals surface area contributed by atoms with Gasteiger partial charge in [0.25, 0.3) is 0 Å². The zero-order chi connectivity index (χ0) is 13.7. The van der Waals surface area contributed by atoms with Gasteiger partial charge in [-0.2, -0.15) is 0 Å². The molecule has 0 aromatic rings. The van der Waals surface area contributed by atoms with Gasteiger partial charge in [0.1, 0.15) is 0 Å². The molecule has 4 aliphatic rings. The minimum absolute atomic E-state index is 0.463. The van der Waals surface area contributed by atoms with Gasteiger partial charge in [-0.3, -0.25) is 4.79 Å². The van der Waals surface area contributed by atoms with E-state index in [-0.39, 0.29) is 0 Å². The van der Waals surface area contributed by atoms with Gasteiger partial charge >= 0.3 is 0 Å². The summed E-state index contributed by atoms with van der Waals surface area (Å²) in [6.45, 7) is 7.63. The summed E-state index contributed by atoms with van der Waals surface area (Å²) < 4.78 is 1.40. The molecule has 0 saturated carbocycles. The Balaban J connectivity index is 1.70. The van der Waals surface area contributed by atoms with Crippen molar-refractivity contribution in [3.63, 3.8) is 0 Å². The van der Waals surface area contributed by atoms with Crippen LogP contribution in [-0.4, -0.2) is 53.6 Å². The van der Waals surface area contributed by atoms with Crippen LogP contribution in [0.3, 0.4) is 0 Å². The van der Waals surface area contributed by atoms with Crippen LogP contribution >= 0.6 is 0 Å². The lowest BCUT2D eigenvalue weighted by molar-refractivity contribution is -0.968. The highest BCUT2D eigenvalue weighted by molar-refractivity contribution is 5.77. The molecule has 3 nitrogen and oxygen atoms in total. The van der Waals surface area contributed by atoms with Crippen molar-refractivity contribution in [2.75, 3.05) is 26.2 Å². The van der Waals surface area contributed by atoms with Gasteiger partial charge in [-0.05, 0) is 45.4 Å². The number of hydrogen-bond donors (Lipinski definition) is 0. The van der Waals surface area contributed by atoms with E-state index in [4.69, 9.17) is 0 Å². The van der Waals surface area contributed by atoms with Crippen LogP contribution in [0.5, 0.6) is 0 Å². The molecule has 0 aliphatic carbocycles. The van der Waals surface area contributed by atoms with Crippen molar-refractivity contribution in [1.29, 1.82) is 0 Å². The Morgan fingerprint density at radius 3 is 2.75 bits per heavy atom. The second-order valence-electron chi connectivity index (χ2n) is 7.69. The van der Waals surface area contributed by atoms with E-state index in [0.29, 0.717) is 11.9 Å². The summed E-state index contributed by atoms with van der Waals surface area (Å²) in [6.07, 6.45) is 8.76. The van der Waals surface area contributed by atoms with Gasteiger partial charge in [0.2, 0.25) is 5.91 Å². The summed E-state index contributed by atoms with van der Waals surface area (Å²) in [5, 5.41) is 0. The van der Waals surface area contributed by atoms with Gasteiger partial charge in [-0.25, -0.2) is 0 Å². The standard InChI is InChI=1S/C17H29N2O/c1-2-19-10-4-6-13-12-18-15(8-3-9-16(18)20)14(17(13)19)7-5-11-19/h13-15,17H,2-12H2,1H3/q+1/t13-,14+,15-,17-,19?/m0/s1. The van der Waals surface area contributed by atoms with Gasteiger partial charge in [-0.1, -0.05) is 0 Å². The Labute approximate surface area is 122 Å². The smallest absolute Gasteiger partial charge is 0.222 e. The fourth-order valence-electron chi connectivity index (χ4n) is 6.29. The maximum Gasteiger partial charge on any atom is 0.222 e. The molecule has 112 valence electrons. The third-order valence-electron chi connectivity index (χ3n) is 7.04. The molecule has 4 fully saturated rings. The molecular formula is C17H29N2O+. The number of fused-ring (bicyclic) bond motifs is 2. The molecule has 4 saturated heterocycles. The molecule has 1 unspecified atom stereocenters. The maximum atomic E-state index is 12.3. The van der Waals surface area contributed by atoms with E-state index in [9.17, 15) is 4.79 Å². The van der Waals surface area contributed by atoms with Crippen LogP contribution in [0.1, 0.15) is 51.9 Å². The predicted octanol–water partition coefficient (Wildman–Crippen LogP) is 2.41. The second kappa shape index (κ2) is 4.72.